The fraction of sp³-hybridized carbons (Fsp3) is 0.667. The molecule has 1 amide bonds. The maximum absolute atomic E-state index is 12.9. The molecule has 2 aliphatic heterocycles. The molecule has 0 aliphatic carbocycles. The van der Waals surface area contributed by atoms with Crippen LogP contribution < -0.4 is 4.90 Å². The van der Waals surface area contributed by atoms with Crippen LogP contribution in [-0.4, -0.2) is 37.0 Å². The Morgan fingerprint density at radius 2 is 1.71 bits per heavy atom. The summed E-state index contributed by atoms with van der Waals surface area (Å²) in [5.74, 6) is 0.692. The normalized spacial score (nSPS) is 25.3. The van der Waals surface area contributed by atoms with Gasteiger partial charge in [0.2, 0.25) is 5.91 Å². The van der Waals surface area contributed by atoms with Gasteiger partial charge in [-0.2, -0.15) is 0 Å². The van der Waals surface area contributed by atoms with Crippen molar-refractivity contribution >= 4 is 5.91 Å². The highest BCUT2D eigenvalue weighted by Gasteiger charge is 2.31. The molecule has 0 bridgehead atoms. The maximum atomic E-state index is 12.9. The minimum Gasteiger partial charge on any atom is -0.342 e. The van der Waals surface area contributed by atoms with Gasteiger partial charge in [-0.25, -0.2) is 0 Å². The van der Waals surface area contributed by atoms with Crippen LogP contribution >= 0.6 is 0 Å². The summed E-state index contributed by atoms with van der Waals surface area (Å²) in [6.45, 7) is 7.47. The molecule has 3 nitrogen and oxygen atoms in total. The van der Waals surface area contributed by atoms with Gasteiger partial charge in [-0.1, -0.05) is 44.0 Å². The average molecular weight is 330 g/mol. The van der Waals surface area contributed by atoms with Crippen molar-refractivity contribution in [3.8, 4) is 0 Å². The third-order valence-electron chi connectivity index (χ3n) is 5.77. The van der Waals surface area contributed by atoms with Crippen molar-refractivity contribution < 1.29 is 9.69 Å². The van der Waals surface area contributed by atoms with Crippen molar-refractivity contribution in [1.29, 1.82) is 0 Å². The van der Waals surface area contributed by atoms with Crippen LogP contribution in [0.3, 0.4) is 0 Å². The van der Waals surface area contributed by atoms with E-state index in [4.69, 9.17) is 0 Å². The number of carbonyl (C=O) groups is 1. The van der Waals surface area contributed by atoms with Crippen molar-refractivity contribution in [3.63, 3.8) is 0 Å². The van der Waals surface area contributed by atoms with Crippen molar-refractivity contribution in [2.24, 2.45) is 5.92 Å². The fourth-order valence-corrected chi connectivity index (χ4v) is 4.25. The zero-order valence-electron chi connectivity index (χ0n) is 15.2. The second-order valence-electron chi connectivity index (χ2n) is 7.63. The Kier molecular flexibility index (Phi) is 6.30. The zero-order chi connectivity index (χ0) is 16.8. The second-order valence-corrected chi connectivity index (χ2v) is 7.63. The third-order valence-corrected chi connectivity index (χ3v) is 5.77. The van der Waals surface area contributed by atoms with E-state index < -0.39 is 0 Å². The molecule has 3 rings (SSSR count). The Morgan fingerprint density at radius 3 is 2.38 bits per heavy atom. The Hall–Kier alpha value is -1.35. The monoisotopic (exact) mass is 329 g/mol. The van der Waals surface area contributed by atoms with Crippen LogP contribution in [0.1, 0.15) is 56.6 Å². The van der Waals surface area contributed by atoms with E-state index in [-0.39, 0.29) is 5.92 Å². The molecule has 1 N–H and O–H groups in total. The van der Waals surface area contributed by atoms with E-state index in [1.807, 2.05) is 0 Å². The SMILES string of the molecule is CCc1ccc(C[NH+]2CCC[C@@H](C(=O)N3CCCCCC3)C2)cc1. The lowest BCUT2D eigenvalue weighted by atomic mass is 9.95. The summed E-state index contributed by atoms with van der Waals surface area (Å²) in [5, 5.41) is 0. The van der Waals surface area contributed by atoms with E-state index >= 15 is 0 Å². The van der Waals surface area contributed by atoms with Crippen molar-refractivity contribution in [1.82, 2.24) is 4.90 Å². The van der Waals surface area contributed by atoms with Crippen LogP contribution in [0, 0.1) is 5.92 Å². The quantitative estimate of drug-likeness (QED) is 0.902. The highest BCUT2D eigenvalue weighted by Crippen LogP contribution is 2.16. The first-order chi connectivity index (χ1) is 11.8. The van der Waals surface area contributed by atoms with Crippen molar-refractivity contribution in [2.75, 3.05) is 26.2 Å². The maximum Gasteiger partial charge on any atom is 0.231 e. The van der Waals surface area contributed by atoms with Gasteiger partial charge in [0.25, 0.3) is 0 Å². The highest BCUT2D eigenvalue weighted by molar-refractivity contribution is 5.79. The van der Waals surface area contributed by atoms with Crippen LogP contribution in [0.2, 0.25) is 0 Å². The lowest BCUT2D eigenvalue weighted by Crippen LogP contribution is -3.12. The molecule has 0 aromatic heterocycles. The van der Waals surface area contributed by atoms with Crippen LogP contribution in [-0.2, 0) is 17.8 Å². The number of nitrogens with zero attached hydrogens (tertiary/aromatic N) is 1. The van der Waals surface area contributed by atoms with Gasteiger partial charge < -0.3 is 9.80 Å². The number of quaternary nitrogens is 1. The molecule has 2 heterocycles. The molecule has 2 saturated heterocycles. The van der Waals surface area contributed by atoms with Gasteiger partial charge >= 0.3 is 0 Å². The molecule has 1 aromatic rings. The second kappa shape index (κ2) is 8.66. The minimum atomic E-state index is 0.252. The standard InChI is InChI=1S/C21H32N2O/c1-2-18-9-11-19(12-10-18)16-22-13-7-8-20(17-22)21(24)23-14-5-3-4-6-15-23/h9-12,20H,2-8,13-17H2,1H3/p+1/t20-/m1/s1. The summed E-state index contributed by atoms with van der Waals surface area (Å²) in [6, 6.07) is 9.04. The number of nitrogens with one attached hydrogen (secondary N) is 1. The molecule has 2 aliphatic rings. The molecule has 2 fully saturated rings. The molecule has 0 spiro atoms. The first-order valence-electron chi connectivity index (χ1n) is 9.96. The van der Waals surface area contributed by atoms with Gasteiger partial charge in [0, 0.05) is 18.7 Å². The van der Waals surface area contributed by atoms with E-state index in [0.717, 1.165) is 39.0 Å². The number of carbonyl (C=O) groups excluding carboxylic acids is 1. The fourth-order valence-electron chi connectivity index (χ4n) is 4.25. The van der Waals surface area contributed by atoms with Gasteiger partial charge in [0.15, 0.2) is 0 Å². The number of benzene rings is 1. The Morgan fingerprint density at radius 1 is 1.04 bits per heavy atom. The average Bonchev–Trinajstić information content (AvgIpc) is 2.91. The first kappa shape index (κ1) is 17.5. The molecule has 132 valence electrons. The number of hydrogen-bond acceptors (Lipinski definition) is 1. The predicted octanol–water partition coefficient (Wildman–Crippen LogP) is 2.45. The zero-order valence-corrected chi connectivity index (χ0v) is 15.2. The Labute approximate surface area is 147 Å². The van der Waals surface area contributed by atoms with Crippen LogP contribution in [0.25, 0.3) is 0 Å². The van der Waals surface area contributed by atoms with E-state index in [0.29, 0.717) is 5.91 Å². The molecular formula is C21H33N2O+. The molecule has 1 aromatic carbocycles. The number of hydrogen-bond donors (Lipinski definition) is 1. The van der Waals surface area contributed by atoms with Gasteiger partial charge in [0.1, 0.15) is 6.54 Å². The summed E-state index contributed by atoms with van der Waals surface area (Å²) in [6.07, 6.45) is 8.35. The first-order valence-corrected chi connectivity index (χ1v) is 9.96. The molecule has 2 atom stereocenters. The molecule has 24 heavy (non-hydrogen) atoms. The molecule has 0 saturated carbocycles. The number of piperidine rings is 1. The van der Waals surface area contributed by atoms with E-state index in [9.17, 15) is 4.79 Å². The van der Waals surface area contributed by atoms with Crippen LogP contribution in [0.15, 0.2) is 24.3 Å². The smallest absolute Gasteiger partial charge is 0.231 e. The highest BCUT2D eigenvalue weighted by atomic mass is 16.2. The molecular weight excluding hydrogens is 296 g/mol. The lowest BCUT2D eigenvalue weighted by molar-refractivity contribution is -0.921. The van der Waals surface area contributed by atoms with Crippen LogP contribution in [0.4, 0.5) is 0 Å². The number of likely N-dealkylation sites (tertiary alicyclic amines) is 2. The number of aryl methyl sites for hydroxylation is 1. The predicted molar refractivity (Wildman–Crippen MR) is 98.0 cm³/mol. The van der Waals surface area contributed by atoms with Crippen molar-refractivity contribution in [3.05, 3.63) is 35.4 Å². The Bertz CT molecular complexity index is 517. The molecule has 1 unspecified atom stereocenters. The van der Waals surface area contributed by atoms with E-state index in [1.165, 1.54) is 49.8 Å². The third kappa shape index (κ3) is 4.60. The van der Waals surface area contributed by atoms with E-state index in [2.05, 4.69) is 36.1 Å². The van der Waals surface area contributed by atoms with Gasteiger partial charge in [0.05, 0.1) is 19.0 Å². The van der Waals surface area contributed by atoms with E-state index in [1.54, 1.807) is 4.90 Å². The molecule has 3 heteroatoms. The van der Waals surface area contributed by atoms with Gasteiger partial charge in [-0.15, -0.1) is 0 Å². The number of rotatable bonds is 4. The summed E-state index contributed by atoms with van der Waals surface area (Å²) < 4.78 is 0. The Balaban J connectivity index is 1.55. The van der Waals surface area contributed by atoms with Gasteiger partial charge in [-0.05, 0) is 37.7 Å². The summed E-state index contributed by atoms with van der Waals surface area (Å²) in [5.41, 5.74) is 2.81. The topological polar surface area (TPSA) is 24.8 Å². The molecule has 0 radical (unpaired) electrons. The van der Waals surface area contributed by atoms with Crippen molar-refractivity contribution in [2.45, 2.75) is 58.4 Å². The number of amides is 1. The van der Waals surface area contributed by atoms with Gasteiger partial charge in [-0.3, -0.25) is 4.79 Å². The summed E-state index contributed by atoms with van der Waals surface area (Å²) in [7, 11) is 0. The minimum absolute atomic E-state index is 0.252. The lowest BCUT2D eigenvalue weighted by Gasteiger charge is -2.32. The summed E-state index contributed by atoms with van der Waals surface area (Å²) in [4.78, 5) is 16.6. The largest absolute Gasteiger partial charge is 0.342 e. The van der Waals surface area contributed by atoms with Crippen LogP contribution in [0.5, 0.6) is 0 Å². The summed E-state index contributed by atoms with van der Waals surface area (Å²) >= 11 is 0.